The maximum atomic E-state index is 11.4. The monoisotopic (exact) mass is 271 g/mol. The third-order valence-electron chi connectivity index (χ3n) is 3.57. The minimum Gasteiger partial charge on any atom is -0.349 e. The highest BCUT2D eigenvalue weighted by Crippen LogP contribution is 2.33. The van der Waals surface area contributed by atoms with Crippen molar-refractivity contribution >= 4 is 23.7 Å². The number of unbranched alkanes of at least 4 members (excludes halogenated alkanes) is 1. The molecule has 18 heavy (non-hydrogen) atoms. The summed E-state index contributed by atoms with van der Waals surface area (Å²) in [6.45, 7) is 0. The van der Waals surface area contributed by atoms with Gasteiger partial charge in [-0.2, -0.15) is 11.8 Å². The lowest BCUT2D eigenvalue weighted by Gasteiger charge is -2.16. The molecule has 2 rings (SSSR count). The molecule has 0 spiro atoms. The number of carbonyl (C=O) groups excluding carboxylic acids is 2. The van der Waals surface area contributed by atoms with Crippen LogP contribution in [0.5, 0.6) is 0 Å². The molecule has 0 radical (unpaired) electrons. The van der Waals surface area contributed by atoms with E-state index in [0.29, 0.717) is 17.7 Å². The number of thioether (sulfide) groups is 1. The molecule has 6 heteroatoms. The van der Waals surface area contributed by atoms with E-state index >= 15 is 0 Å². The quantitative estimate of drug-likeness (QED) is 0.574. The smallest absolute Gasteiger partial charge is 0.315 e. The highest BCUT2D eigenvalue weighted by Gasteiger charge is 2.42. The second-order valence-corrected chi connectivity index (χ2v) is 6.43. The molecule has 102 valence electrons. The van der Waals surface area contributed by atoms with Crippen LogP contribution in [-0.2, 0) is 4.79 Å². The van der Waals surface area contributed by atoms with E-state index in [1.165, 1.54) is 0 Å². The van der Waals surface area contributed by atoms with Crippen LogP contribution in [0, 0.1) is 0 Å². The summed E-state index contributed by atoms with van der Waals surface area (Å²) in [7, 11) is 3.58. The zero-order chi connectivity index (χ0) is 13.1. The molecule has 2 heterocycles. The first kappa shape index (κ1) is 13.5. The third-order valence-corrected chi connectivity index (χ3v) is 5.07. The SMILES string of the molecule is CN(C)C(=O)CCCCC1SC[C@H]2NC(=O)N[C@@H]12. The molecule has 0 aromatic carbocycles. The van der Waals surface area contributed by atoms with Crippen LogP contribution in [0.4, 0.5) is 4.79 Å². The lowest BCUT2D eigenvalue weighted by atomic mass is 10.0. The Bertz CT molecular complexity index is 335. The standard InChI is InChI=1S/C12H21N3O2S/c1-15(2)10(16)6-4-3-5-9-11-8(7-18-9)13-12(17)14-11/h8-9,11H,3-7H2,1-2H3,(H2,13,14,17)/t8-,9?,11-/m1/s1. The lowest BCUT2D eigenvalue weighted by molar-refractivity contribution is -0.128. The first-order valence-electron chi connectivity index (χ1n) is 6.46. The second-order valence-electron chi connectivity index (χ2n) is 5.16. The van der Waals surface area contributed by atoms with Crippen LogP contribution in [0.25, 0.3) is 0 Å². The van der Waals surface area contributed by atoms with Gasteiger partial charge < -0.3 is 15.5 Å². The maximum absolute atomic E-state index is 11.4. The summed E-state index contributed by atoms with van der Waals surface area (Å²) in [4.78, 5) is 24.3. The fraction of sp³-hybridized carbons (Fsp3) is 0.833. The zero-order valence-electron chi connectivity index (χ0n) is 10.9. The summed E-state index contributed by atoms with van der Waals surface area (Å²) < 4.78 is 0. The number of amides is 3. The van der Waals surface area contributed by atoms with Crippen LogP contribution >= 0.6 is 11.8 Å². The molecule has 2 N–H and O–H groups in total. The largest absolute Gasteiger partial charge is 0.349 e. The van der Waals surface area contributed by atoms with Crippen molar-refractivity contribution in [3.05, 3.63) is 0 Å². The molecular formula is C12H21N3O2S. The van der Waals surface area contributed by atoms with Gasteiger partial charge in [0.15, 0.2) is 0 Å². The van der Waals surface area contributed by atoms with Crippen molar-refractivity contribution < 1.29 is 9.59 Å². The van der Waals surface area contributed by atoms with Gasteiger partial charge in [-0.25, -0.2) is 4.79 Å². The van der Waals surface area contributed by atoms with Gasteiger partial charge in [-0.1, -0.05) is 6.42 Å². The molecule has 3 amide bonds. The number of hydrogen-bond donors (Lipinski definition) is 2. The van der Waals surface area contributed by atoms with Gasteiger partial charge in [0.25, 0.3) is 0 Å². The summed E-state index contributed by atoms with van der Waals surface area (Å²) in [6, 6.07) is 0.557. The molecule has 2 saturated heterocycles. The predicted octanol–water partition coefficient (Wildman–Crippen LogP) is 0.800. The molecule has 0 aromatic heterocycles. The highest BCUT2D eigenvalue weighted by molar-refractivity contribution is 8.00. The van der Waals surface area contributed by atoms with Crippen molar-refractivity contribution in [1.82, 2.24) is 15.5 Å². The van der Waals surface area contributed by atoms with Crippen molar-refractivity contribution in [2.24, 2.45) is 0 Å². The Morgan fingerprint density at radius 3 is 2.89 bits per heavy atom. The molecule has 0 aliphatic carbocycles. The van der Waals surface area contributed by atoms with E-state index in [0.717, 1.165) is 25.0 Å². The number of rotatable bonds is 5. The molecule has 0 saturated carbocycles. The molecule has 2 fully saturated rings. The van der Waals surface area contributed by atoms with Crippen LogP contribution in [0.15, 0.2) is 0 Å². The average molecular weight is 271 g/mol. The molecular weight excluding hydrogens is 250 g/mol. The summed E-state index contributed by atoms with van der Waals surface area (Å²) in [5.74, 6) is 1.20. The van der Waals surface area contributed by atoms with E-state index in [1.807, 2.05) is 11.8 Å². The Balaban J connectivity index is 1.66. The van der Waals surface area contributed by atoms with E-state index in [4.69, 9.17) is 0 Å². The fourth-order valence-corrected chi connectivity index (χ4v) is 4.03. The lowest BCUT2D eigenvalue weighted by Crippen LogP contribution is -2.36. The number of fused-ring (bicyclic) bond motifs is 1. The van der Waals surface area contributed by atoms with Crippen LogP contribution in [0.3, 0.4) is 0 Å². The summed E-state index contributed by atoms with van der Waals surface area (Å²) in [5, 5.41) is 6.43. The Morgan fingerprint density at radius 1 is 1.39 bits per heavy atom. The molecule has 2 aliphatic heterocycles. The minimum atomic E-state index is -0.0296. The molecule has 1 unspecified atom stereocenters. The topological polar surface area (TPSA) is 61.4 Å². The van der Waals surface area contributed by atoms with Crippen molar-refractivity contribution in [1.29, 1.82) is 0 Å². The van der Waals surface area contributed by atoms with Crippen LogP contribution in [0.2, 0.25) is 0 Å². The summed E-state index contributed by atoms with van der Waals surface area (Å²) in [5.41, 5.74) is 0. The van der Waals surface area contributed by atoms with Crippen molar-refractivity contribution in [2.45, 2.75) is 43.0 Å². The number of carbonyl (C=O) groups is 2. The van der Waals surface area contributed by atoms with Gasteiger partial charge in [0.1, 0.15) is 0 Å². The highest BCUT2D eigenvalue weighted by atomic mass is 32.2. The normalized spacial score (nSPS) is 29.7. The van der Waals surface area contributed by atoms with Crippen LogP contribution in [0.1, 0.15) is 25.7 Å². The first-order valence-corrected chi connectivity index (χ1v) is 7.51. The first-order chi connectivity index (χ1) is 8.58. The Morgan fingerprint density at radius 2 is 2.17 bits per heavy atom. The van der Waals surface area contributed by atoms with E-state index in [9.17, 15) is 9.59 Å². The van der Waals surface area contributed by atoms with Gasteiger partial charge in [-0.05, 0) is 12.8 Å². The number of hydrogen-bond acceptors (Lipinski definition) is 3. The van der Waals surface area contributed by atoms with Gasteiger partial charge in [0, 0.05) is 31.5 Å². The zero-order valence-corrected chi connectivity index (χ0v) is 11.8. The number of urea groups is 1. The van der Waals surface area contributed by atoms with E-state index in [1.54, 1.807) is 19.0 Å². The Kier molecular flexibility index (Phi) is 4.37. The van der Waals surface area contributed by atoms with Crippen LogP contribution < -0.4 is 10.6 Å². The van der Waals surface area contributed by atoms with Gasteiger partial charge >= 0.3 is 6.03 Å². The Hall–Kier alpha value is -0.910. The van der Waals surface area contributed by atoms with E-state index < -0.39 is 0 Å². The Labute approximate surface area is 112 Å². The molecule has 5 nitrogen and oxygen atoms in total. The van der Waals surface area contributed by atoms with Gasteiger partial charge in [-0.3, -0.25) is 4.79 Å². The van der Waals surface area contributed by atoms with Gasteiger partial charge in [0.2, 0.25) is 5.91 Å². The average Bonchev–Trinajstić information content (AvgIpc) is 2.84. The molecule has 0 bridgehead atoms. The fourth-order valence-electron chi connectivity index (χ4n) is 2.49. The minimum absolute atomic E-state index is 0.0296. The number of nitrogens with zero attached hydrogens (tertiary/aromatic N) is 1. The van der Waals surface area contributed by atoms with Crippen molar-refractivity contribution in [3.63, 3.8) is 0 Å². The summed E-state index contributed by atoms with van der Waals surface area (Å²) in [6.07, 6.45) is 3.70. The molecule has 2 aliphatic rings. The molecule has 0 aromatic rings. The van der Waals surface area contributed by atoms with E-state index in [-0.39, 0.29) is 18.0 Å². The second kappa shape index (κ2) is 5.82. The van der Waals surface area contributed by atoms with Crippen LogP contribution in [-0.4, -0.2) is 54.0 Å². The molecule has 3 atom stereocenters. The predicted molar refractivity (Wildman–Crippen MR) is 72.7 cm³/mol. The number of nitrogens with one attached hydrogen (secondary N) is 2. The van der Waals surface area contributed by atoms with Gasteiger partial charge in [0.05, 0.1) is 12.1 Å². The van der Waals surface area contributed by atoms with Crippen molar-refractivity contribution in [3.8, 4) is 0 Å². The van der Waals surface area contributed by atoms with E-state index in [2.05, 4.69) is 10.6 Å². The van der Waals surface area contributed by atoms with Crippen molar-refractivity contribution in [2.75, 3.05) is 19.8 Å². The maximum Gasteiger partial charge on any atom is 0.315 e. The summed E-state index contributed by atoms with van der Waals surface area (Å²) >= 11 is 1.93. The van der Waals surface area contributed by atoms with Gasteiger partial charge in [-0.15, -0.1) is 0 Å². The third kappa shape index (κ3) is 3.10.